The predicted molar refractivity (Wildman–Crippen MR) is 115 cm³/mol. The lowest BCUT2D eigenvalue weighted by Gasteiger charge is -2.13. The van der Waals surface area contributed by atoms with Gasteiger partial charge in [0.05, 0.1) is 32.4 Å². The molecular formula is C24H27NO4. The van der Waals surface area contributed by atoms with Gasteiger partial charge in [-0.25, -0.2) is 4.79 Å². The molecule has 1 atom stereocenters. The number of rotatable bonds is 8. The van der Waals surface area contributed by atoms with Crippen LogP contribution in [0.15, 0.2) is 55.3 Å². The van der Waals surface area contributed by atoms with Crippen molar-refractivity contribution >= 4 is 16.9 Å². The molecule has 0 spiro atoms. The van der Waals surface area contributed by atoms with Gasteiger partial charge in [-0.2, -0.15) is 0 Å². The van der Waals surface area contributed by atoms with Crippen molar-refractivity contribution in [2.24, 2.45) is 0 Å². The highest BCUT2D eigenvalue weighted by molar-refractivity contribution is 5.90. The molecule has 29 heavy (non-hydrogen) atoms. The average molecular weight is 393 g/mol. The lowest BCUT2D eigenvalue weighted by Crippen LogP contribution is -2.05. The van der Waals surface area contributed by atoms with Gasteiger partial charge < -0.3 is 19.1 Å². The zero-order valence-corrected chi connectivity index (χ0v) is 17.1. The summed E-state index contributed by atoms with van der Waals surface area (Å²) in [5.74, 6) is 0.239. The summed E-state index contributed by atoms with van der Waals surface area (Å²) in [6.07, 6.45) is 5.01. The lowest BCUT2D eigenvalue weighted by molar-refractivity contribution is 0.0600. The molecule has 0 aliphatic heterocycles. The molecule has 5 nitrogen and oxygen atoms in total. The van der Waals surface area contributed by atoms with E-state index in [0.717, 1.165) is 29.5 Å². The molecule has 1 heterocycles. The smallest absolute Gasteiger partial charge is 0.337 e. The Balaban J connectivity index is 2.07. The molecule has 0 saturated heterocycles. The highest BCUT2D eigenvalue weighted by Crippen LogP contribution is 2.29. The number of carbonyl (C=O) groups excluding carboxylic acids is 1. The van der Waals surface area contributed by atoms with E-state index in [1.807, 2.05) is 18.2 Å². The second-order valence-electron chi connectivity index (χ2n) is 7.01. The van der Waals surface area contributed by atoms with Gasteiger partial charge >= 0.3 is 5.97 Å². The van der Waals surface area contributed by atoms with E-state index < -0.39 is 12.1 Å². The van der Waals surface area contributed by atoms with Crippen molar-refractivity contribution in [2.45, 2.75) is 32.4 Å². The Morgan fingerprint density at radius 3 is 2.66 bits per heavy atom. The minimum atomic E-state index is -0.703. The molecule has 3 rings (SSSR count). The molecule has 1 unspecified atom stereocenters. The summed E-state index contributed by atoms with van der Waals surface area (Å²) in [4.78, 5) is 11.8. The van der Waals surface area contributed by atoms with Crippen molar-refractivity contribution in [3.05, 3.63) is 77.5 Å². The van der Waals surface area contributed by atoms with E-state index in [9.17, 15) is 9.90 Å². The molecule has 1 aromatic heterocycles. The first-order valence-electron chi connectivity index (χ1n) is 9.69. The van der Waals surface area contributed by atoms with Crippen LogP contribution in [0.2, 0.25) is 0 Å². The highest BCUT2D eigenvalue weighted by atomic mass is 16.5. The summed E-state index contributed by atoms with van der Waals surface area (Å²) in [5.41, 5.74) is 4.53. The summed E-state index contributed by atoms with van der Waals surface area (Å²) in [6.45, 7) is 6.43. The Labute approximate surface area is 171 Å². The zero-order valence-electron chi connectivity index (χ0n) is 17.1. The van der Waals surface area contributed by atoms with Crippen molar-refractivity contribution in [1.29, 1.82) is 0 Å². The van der Waals surface area contributed by atoms with E-state index in [-0.39, 0.29) is 0 Å². The van der Waals surface area contributed by atoms with Crippen LogP contribution in [0.25, 0.3) is 10.9 Å². The number of nitrogens with zero attached hydrogens (tertiary/aromatic N) is 1. The van der Waals surface area contributed by atoms with E-state index in [0.29, 0.717) is 17.9 Å². The Morgan fingerprint density at radius 1 is 1.21 bits per heavy atom. The number of aliphatic hydroxyl groups excluding tert-OH is 1. The molecule has 0 saturated carbocycles. The average Bonchev–Trinajstić information content (AvgIpc) is 3.09. The van der Waals surface area contributed by atoms with Gasteiger partial charge in [-0.1, -0.05) is 37.6 Å². The van der Waals surface area contributed by atoms with Crippen molar-refractivity contribution in [3.63, 3.8) is 0 Å². The Kier molecular flexibility index (Phi) is 6.39. The van der Waals surface area contributed by atoms with Crippen molar-refractivity contribution in [2.75, 3.05) is 14.2 Å². The maximum atomic E-state index is 11.8. The molecule has 5 heteroatoms. The topological polar surface area (TPSA) is 60.7 Å². The first-order chi connectivity index (χ1) is 14.0. The van der Waals surface area contributed by atoms with Gasteiger partial charge in [0.15, 0.2) is 0 Å². The van der Waals surface area contributed by atoms with Gasteiger partial charge in [0, 0.05) is 22.7 Å². The van der Waals surface area contributed by atoms with Gasteiger partial charge in [-0.15, -0.1) is 6.58 Å². The van der Waals surface area contributed by atoms with Gasteiger partial charge in [0.1, 0.15) is 5.75 Å². The molecule has 0 aliphatic carbocycles. The number of fused-ring (bicyclic) bond motifs is 1. The van der Waals surface area contributed by atoms with Gasteiger partial charge in [-0.05, 0) is 35.7 Å². The van der Waals surface area contributed by atoms with Gasteiger partial charge in [0.2, 0.25) is 0 Å². The van der Waals surface area contributed by atoms with Crippen LogP contribution in [0, 0.1) is 0 Å². The number of methoxy groups -OCH3 is 2. The Hall–Kier alpha value is -3.05. The maximum absolute atomic E-state index is 11.8. The summed E-state index contributed by atoms with van der Waals surface area (Å²) in [7, 11) is 2.95. The molecule has 0 radical (unpaired) electrons. The van der Waals surface area contributed by atoms with Crippen molar-refractivity contribution in [3.8, 4) is 5.75 Å². The molecular weight excluding hydrogens is 366 g/mol. The SMILES string of the molecule is C=CC(O)c1ccc2c(CCC)cn(Cc3ccc(C(=O)OC)cc3OC)c2c1. The molecule has 0 bridgehead atoms. The zero-order chi connectivity index (χ0) is 21.0. The van der Waals surface area contributed by atoms with Crippen LogP contribution in [-0.4, -0.2) is 29.9 Å². The fourth-order valence-electron chi connectivity index (χ4n) is 3.61. The van der Waals surface area contributed by atoms with Crippen LogP contribution < -0.4 is 4.74 Å². The van der Waals surface area contributed by atoms with Gasteiger partial charge in [0.25, 0.3) is 0 Å². The standard InChI is InChI=1S/C24H27NO4/c1-5-7-18-14-25(21-12-16(22(26)6-2)10-11-20(18)21)15-19-9-8-17(24(27)29-4)13-23(19)28-3/h6,8-14,22,26H,2,5,7,15H2,1,3-4H3. The predicted octanol–water partition coefficient (Wildman–Crippen LogP) is 4.66. The minimum Gasteiger partial charge on any atom is -0.496 e. The highest BCUT2D eigenvalue weighted by Gasteiger charge is 2.15. The third-order valence-corrected chi connectivity index (χ3v) is 5.12. The largest absolute Gasteiger partial charge is 0.496 e. The second-order valence-corrected chi connectivity index (χ2v) is 7.01. The molecule has 3 aromatic rings. The lowest BCUT2D eigenvalue weighted by atomic mass is 10.0. The fourth-order valence-corrected chi connectivity index (χ4v) is 3.61. The van der Waals surface area contributed by atoms with Gasteiger partial charge in [-0.3, -0.25) is 0 Å². The fraction of sp³-hybridized carbons (Fsp3) is 0.292. The molecule has 152 valence electrons. The number of aromatic nitrogens is 1. The van der Waals surface area contributed by atoms with Crippen LogP contribution in [0.5, 0.6) is 5.75 Å². The number of ether oxygens (including phenoxy) is 2. The van der Waals surface area contributed by atoms with Crippen molar-refractivity contribution in [1.82, 2.24) is 4.57 Å². The van der Waals surface area contributed by atoms with Crippen LogP contribution in [0.1, 0.15) is 46.5 Å². The number of benzene rings is 2. The van der Waals surface area contributed by atoms with Crippen molar-refractivity contribution < 1.29 is 19.4 Å². The molecule has 1 N–H and O–H groups in total. The van der Waals surface area contributed by atoms with E-state index in [2.05, 4.69) is 30.3 Å². The Bertz CT molecular complexity index is 1030. The summed E-state index contributed by atoms with van der Waals surface area (Å²) in [6, 6.07) is 11.4. The Morgan fingerprint density at radius 2 is 2.00 bits per heavy atom. The number of carbonyl (C=O) groups is 1. The number of hydrogen-bond donors (Lipinski definition) is 1. The molecule has 0 aliphatic rings. The quantitative estimate of drug-likeness (QED) is 0.447. The molecule has 0 amide bonds. The number of aliphatic hydroxyl groups is 1. The maximum Gasteiger partial charge on any atom is 0.337 e. The number of hydrogen-bond acceptors (Lipinski definition) is 4. The first kappa shape index (κ1) is 20.7. The summed E-state index contributed by atoms with van der Waals surface area (Å²) < 4.78 is 12.5. The van der Waals surface area contributed by atoms with E-state index in [1.54, 1.807) is 19.2 Å². The minimum absolute atomic E-state index is 0.394. The van der Waals surface area contributed by atoms with Crippen LogP contribution in [0.4, 0.5) is 0 Å². The first-order valence-corrected chi connectivity index (χ1v) is 9.69. The number of aryl methyl sites for hydroxylation is 1. The molecule has 2 aromatic carbocycles. The normalized spacial score (nSPS) is 12.0. The molecule has 0 fully saturated rings. The van der Waals surface area contributed by atoms with E-state index >= 15 is 0 Å². The van der Waals surface area contributed by atoms with Crippen LogP contribution in [0.3, 0.4) is 0 Å². The van der Waals surface area contributed by atoms with E-state index in [1.165, 1.54) is 24.1 Å². The second kappa shape index (κ2) is 8.97. The summed E-state index contributed by atoms with van der Waals surface area (Å²) in [5, 5.41) is 11.4. The number of esters is 1. The third-order valence-electron chi connectivity index (χ3n) is 5.12. The van der Waals surface area contributed by atoms with Crippen LogP contribution >= 0.6 is 0 Å². The third kappa shape index (κ3) is 4.20. The monoisotopic (exact) mass is 393 g/mol. The van der Waals surface area contributed by atoms with E-state index in [4.69, 9.17) is 9.47 Å². The van der Waals surface area contributed by atoms with Crippen LogP contribution in [-0.2, 0) is 17.7 Å². The summed E-state index contributed by atoms with van der Waals surface area (Å²) >= 11 is 0.